The van der Waals surface area contributed by atoms with E-state index in [-0.39, 0.29) is 17.7 Å². The van der Waals surface area contributed by atoms with Crippen LogP contribution < -0.4 is 5.32 Å². The molecule has 8 heteroatoms. The van der Waals surface area contributed by atoms with Crippen molar-refractivity contribution in [3.8, 4) is 0 Å². The Kier molecular flexibility index (Phi) is 4.69. The molecule has 0 bridgehead atoms. The van der Waals surface area contributed by atoms with E-state index in [0.717, 1.165) is 6.07 Å². The summed E-state index contributed by atoms with van der Waals surface area (Å²) in [5.41, 5.74) is -0.733. The van der Waals surface area contributed by atoms with Gasteiger partial charge in [0.05, 0.1) is 29.4 Å². The van der Waals surface area contributed by atoms with Crippen LogP contribution in [0.4, 0.5) is 13.2 Å². The minimum Gasteiger partial charge on any atom is -0.463 e. The average molecular weight is 382 g/mol. The van der Waals surface area contributed by atoms with Gasteiger partial charge in [-0.1, -0.05) is 23.4 Å². The van der Waals surface area contributed by atoms with Crippen molar-refractivity contribution < 1.29 is 27.5 Å². The van der Waals surface area contributed by atoms with E-state index in [4.69, 9.17) is 9.57 Å². The minimum atomic E-state index is -4.56. The zero-order chi connectivity index (χ0) is 20.0. The second-order valence-electron chi connectivity index (χ2n) is 6.86. The van der Waals surface area contributed by atoms with Crippen molar-refractivity contribution in [3.63, 3.8) is 0 Å². The van der Waals surface area contributed by atoms with E-state index in [1.807, 2.05) is 0 Å². The monoisotopic (exact) mass is 382 g/mol. The van der Waals surface area contributed by atoms with Crippen LogP contribution in [0.15, 0.2) is 40.7 Å². The van der Waals surface area contributed by atoms with Crippen molar-refractivity contribution in [3.05, 3.63) is 46.7 Å². The predicted octanol–water partition coefficient (Wildman–Crippen LogP) is 3.97. The van der Waals surface area contributed by atoms with Crippen molar-refractivity contribution in [2.75, 3.05) is 6.61 Å². The molecule has 1 N–H and O–H groups in total. The molecular formula is C19H21F3N2O3. The number of ether oxygens (including phenoxy) is 1. The van der Waals surface area contributed by atoms with E-state index < -0.39 is 35.3 Å². The highest BCUT2D eigenvalue weighted by Gasteiger charge is 2.55. The van der Waals surface area contributed by atoms with Gasteiger partial charge in [0.1, 0.15) is 0 Å². The lowest BCUT2D eigenvalue weighted by molar-refractivity contribution is -0.142. The summed E-state index contributed by atoms with van der Waals surface area (Å²) < 4.78 is 46.3. The van der Waals surface area contributed by atoms with Crippen LogP contribution in [0.5, 0.6) is 0 Å². The fourth-order valence-corrected chi connectivity index (χ4v) is 4.03. The fraction of sp³-hybridized carbons (Fsp3) is 0.474. The predicted molar refractivity (Wildman–Crippen MR) is 92.7 cm³/mol. The number of allylic oxidation sites excluding steroid dienone is 1. The van der Waals surface area contributed by atoms with Crippen molar-refractivity contribution in [2.45, 2.75) is 45.5 Å². The number of rotatable bonds is 3. The number of alkyl halides is 3. The Labute approximate surface area is 155 Å². The number of halogens is 3. The summed E-state index contributed by atoms with van der Waals surface area (Å²) in [7, 11) is 0. The summed E-state index contributed by atoms with van der Waals surface area (Å²) in [5, 5.41) is 7.08. The first-order valence-electron chi connectivity index (χ1n) is 8.65. The molecule has 0 saturated carbocycles. The summed E-state index contributed by atoms with van der Waals surface area (Å²) in [4.78, 5) is 18.2. The number of benzene rings is 1. The molecule has 5 nitrogen and oxygen atoms in total. The lowest BCUT2D eigenvalue weighted by Crippen LogP contribution is -2.55. The third-order valence-corrected chi connectivity index (χ3v) is 5.00. The largest absolute Gasteiger partial charge is 0.463 e. The highest BCUT2D eigenvalue weighted by Crippen LogP contribution is 2.50. The van der Waals surface area contributed by atoms with Gasteiger partial charge >= 0.3 is 12.1 Å². The molecule has 0 unspecified atom stereocenters. The van der Waals surface area contributed by atoms with Crippen molar-refractivity contribution in [2.24, 2.45) is 11.1 Å². The summed E-state index contributed by atoms with van der Waals surface area (Å²) in [5.74, 6) is -2.14. The Bertz CT molecular complexity index is 832. The van der Waals surface area contributed by atoms with Crippen LogP contribution >= 0.6 is 0 Å². The molecule has 27 heavy (non-hydrogen) atoms. The zero-order valence-corrected chi connectivity index (χ0v) is 15.5. The number of oxime groups is 1. The Morgan fingerprint density at radius 2 is 2.00 bits per heavy atom. The Morgan fingerprint density at radius 1 is 1.33 bits per heavy atom. The molecule has 2 aliphatic heterocycles. The maximum atomic E-state index is 13.7. The number of fused-ring (bicyclic) bond motifs is 1. The minimum absolute atomic E-state index is 0.00479. The number of hydrogen-bond donors (Lipinski definition) is 1. The lowest BCUT2D eigenvalue weighted by atomic mass is 9.69. The number of carbonyl (C=O) groups excluding carboxylic acids is 1. The van der Waals surface area contributed by atoms with Crippen LogP contribution in [-0.4, -0.2) is 24.0 Å². The summed E-state index contributed by atoms with van der Waals surface area (Å²) in [6.07, 6.45) is -4.56. The molecule has 0 radical (unpaired) electrons. The summed E-state index contributed by atoms with van der Waals surface area (Å²) in [6.45, 7) is 6.80. The molecule has 3 atom stereocenters. The van der Waals surface area contributed by atoms with Crippen molar-refractivity contribution in [1.82, 2.24) is 5.32 Å². The molecule has 0 saturated heterocycles. The van der Waals surface area contributed by atoms with E-state index in [9.17, 15) is 18.0 Å². The standard InChI is InChI=1S/C19H21F3N2O3/c1-5-26-17(25)14-10(2)23-18(4)16(11(3)24-27-18)15(14)12-8-6-7-9-13(12)19(20,21)22/h6-9,15-16,23H,5H2,1-4H3/t15-,16+,18+/m0/s1. The van der Waals surface area contributed by atoms with Crippen LogP contribution in [0, 0.1) is 5.92 Å². The first kappa shape index (κ1) is 19.3. The Morgan fingerprint density at radius 3 is 2.63 bits per heavy atom. The normalized spacial score (nSPS) is 27.4. The van der Waals surface area contributed by atoms with E-state index in [0.29, 0.717) is 11.4 Å². The molecule has 146 valence electrons. The molecule has 2 aliphatic rings. The van der Waals surface area contributed by atoms with Gasteiger partial charge in [-0.15, -0.1) is 0 Å². The van der Waals surface area contributed by atoms with Crippen LogP contribution in [0.1, 0.15) is 44.7 Å². The highest BCUT2D eigenvalue weighted by molar-refractivity contribution is 5.96. The molecule has 2 heterocycles. The third kappa shape index (κ3) is 3.17. The molecular weight excluding hydrogens is 361 g/mol. The van der Waals surface area contributed by atoms with Gasteiger partial charge in [-0.3, -0.25) is 0 Å². The van der Waals surface area contributed by atoms with Crippen molar-refractivity contribution >= 4 is 11.7 Å². The first-order valence-corrected chi connectivity index (χ1v) is 8.65. The Hall–Kier alpha value is -2.51. The van der Waals surface area contributed by atoms with Gasteiger partial charge in [0, 0.05) is 11.6 Å². The molecule has 0 fully saturated rings. The average Bonchev–Trinajstić information content (AvgIpc) is 2.87. The van der Waals surface area contributed by atoms with Crippen LogP contribution in [-0.2, 0) is 20.5 Å². The number of hydrogen-bond acceptors (Lipinski definition) is 5. The van der Waals surface area contributed by atoms with Gasteiger partial charge in [-0.05, 0) is 39.3 Å². The quantitative estimate of drug-likeness (QED) is 0.804. The zero-order valence-electron chi connectivity index (χ0n) is 15.5. The van der Waals surface area contributed by atoms with Crippen molar-refractivity contribution in [1.29, 1.82) is 0 Å². The van der Waals surface area contributed by atoms with E-state index >= 15 is 0 Å². The van der Waals surface area contributed by atoms with E-state index in [1.54, 1.807) is 27.7 Å². The topological polar surface area (TPSA) is 59.9 Å². The second kappa shape index (κ2) is 6.58. The van der Waals surface area contributed by atoms with Gasteiger partial charge in [0.2, 0.25) is 5.72 Å². The molecule has 1 aromatic rings. The first-order chi connectivity index (χ1) is 12.6. The maximum Gasteiger partial charge on any atom is 0.416 e. The van der Waals surface area contributed by atoms with Gasteiger partial charge in [-0.25, -0.2) is 4.79 Å². The van der Waals surface area contributed by atoms with Crippen LogP contribution in [0.2, 0.25) is 0 Å². The van der Waals surface area contributed by atoms with Crippen LogP contribution in [0.3, 0.4) is 0 Å². The molecule has 0 amide bonds. The van der Waals surface area contributed by atoms with Gasteiger partial charge in [-0.2, -0.15) is 13.2 Å². The van der Waals surface area contributed by atoms with Gasteiger partial charge in [0.25, 0.3) is 0 Å². The lowest BCUT2D eigenvalue weighted by Gasteiger charge is -2.42. The second-order valence-corrected chi connectivity index (χ2v) is 6.86. The van der Waals surface area contributed by atoms with E-state index in [2.05, 4.69) is 10.5 Å². The number of carbonyl (C=O) groups is 1. The molecule has 0 aromatic heterocycles. The fourth-order valence-electron chi connectivity index (χ4n) is 4.03. The SMILES string of the molecule is CCOC(=O)C1=C(C)N[C@]2(C)ON=C(C)[C@@H]2[C@H]1c1ccccc1C(F)(F)F. The number of esters is 1. The van der Waals surface area contributed by atoms with Gasteiger partial charge in [0.15, 0.2) is 0 Å². The highest BCUT2D eigenvalue weighted by atomic mass is 19.4. The Balaban J connectivity index is 2.26. The summed E-state index contributed by atoms with van der Waals surface area (Å²) in [6, 6.07) is 5.29. The number of nitrogens with one attached hydrogen (secondary N) is 1. The summed E-state index contributed by atoms with van der Waals surface area (Å²) >= 11 is 0. The number of nitrogens with zero attached hydrogens (tertiary/aromatic N) is 1. The van der Waals surface area contributed by atoms with Crippen LogP contribution in [0.25, 0.3) is 0 Å². The molecule has 0 aliphatic carbocycles. The van der Waals surface area contributed by atoms with E-state index in [1.165, 1.54) is 18.2 Å². The molecule has 0 spiro atoms. The smallest absolute Gasteiger partial charge is 0.416 e. The maximum absolute atomic E-state index is 13.7. The van der Waals surface area contributed by atoms with Gasteiger partial charge < -0.3 is 14.9 Å². The molecule has 3 rings (SSSR count). The third-order valence-electron chi connectivity index (χ3n) is 5.00. The molecule has 1 aromatic carbocycles.